The lowest BCUT2D eigenvalue weighted by Crippen LogP contribution is -2.15. The summed E-state index contributed by atoms with van der Waals surface area (Å²) in [4.78, 5) is 19.0. The molecule has 0 saturated heterocycles. The Morgan fingerprint density at radius 3 is 2.69 bits per heavy atom. The molecule has 0 amide bonds. The van der Waals surface area contributed by atoms with Gasteiger partial charge in [0.1, 0.15) is 6.33 Å². The van der Waals surface area contributed by atoms with Gasteiger partial charge in [-0.2, -0.15) is 0 Å². The largest absolute Gasteiger partial charge is 0.330 e. The van der Waals surface area contributed by atoms with Crippen molar-refractivity contribution >= 4 is 5.78 Å². The van der Waals surface area contributed by atoms with Crippen molar-refractivity contribution in [2.24, 2.45) is 11.7 Å². The molecule has 1 atom stereocenters. The monoisotopic (exact) mass is 179 g/mol. The van der Waals surface area contributed by atoms with Crippen LogP contribution in [-0.4, -0.2) is 22.3 Å². The van der Waals surface area contributed by atoms with Crippen molar-refractivity contribution in [1.82, 2.24) is 9.97 Å². The van der Waals surface area contributed by atoms with Crippen molar-refractivity contribution in [1.29, 1.82) is 0 Å². The fourth-order valence-electron chi connectivity index (χ4n) is 0.961. The Hall–Kier alpha value is -1.29. The van der Waals surface area contributed by atoms with Gasteiger partial charge in [0.2, 0.25) is 0 Å². The molecule has 1 rings (SSSR count). The average molecular weight is 179 g/mol. The van der Waals surface area contributed by atoms with Gasteiger partial charge in [-0.05, 0) is 12.5 Å². The van der Waals surface area contributed by atoms with Crippen molar-refractivity contribution in [3.8, 4) is 0 Å². The minimum atomic E-state index is 0.0542. The van der Waals surface area contributed by atoms with Crippen LogP contribution in [0, 0.1) is 5.92 Å². The van der Waals surface area contributed by atoms with Gasteiger partial charge in [-0.1, -0.05) is 6.92 Å². The van der Waals surface area contributed by atoms with Gasteiger partial charge >= 0.3 is 0 Å². The quantitative estimate of drug-likeness (QED) is 0.689. The number of carbonyl (C=O) groups excluding carboxylic acids is 1. The van der Waals surface area contributed by atoms with E-state index in [1.165, 1.54) is 18.7 Å². The van der Waals surface area contributed by atoms with Crippen LogP contribution >= 0.6 is 0 Å². The third-order valence-corrected chi connectivity index (χ3v) is 1.82. The molecule has 1 aromatic rings. The van der Waals surface area contributed by atoms with Crippen LogP contribution in [0.3, 0.4) is 0 Å². The highest BCUT2D eigenvalue weighted by Crippen LogP contribution is 2.06. The summed E-state index contributed by atoms with van der Waals surface area (Å²) in [5.41, 5.74) is 5.97. The highest BCUT2D eigenvalue weighted by molar-refractivity contribution is 5.95. The number of carbonyl (C=O) groups is 1. The van der Waals surface area contributed by atoms with Crippen LogP contribution in [-0.2, 0) is 0 Å². The van der Waals surface area contributed by atoms with E-state index in [2.05, 4.69) is 9.97 Å². The molecule has 4 heteroatoms. The summed E-state index contributed by atoms with van der Waals surface area (Å²) in [6.07, 6.45) is 4.92. The Labute approximate surface area is 77.2 Å². The minimum absolute atomic E-state index is 0.0542. The highest BCUT2D eigenvalue weighted by Gasteiger charge is 2.09. The van der Waals surface area contributed by atoms with Gasteiger partial charge < -0.3 is 5.73 Å². The lowest BCUT2D eigenvalue weighted by Gasteiger charge is -2.05. The van der Waals surface area contributed by atoms with Crippen molar-refractivity contribution in [2.75, 3.05) is 6.54 Å². The maximum Gasteiger partial charge on any atom is 0.166 e. The smallest absolute Gasteiger partial charge is 0.166 e. The number of hydrogen-bond acceptors (Lipinski definition) is 4. The number of ketones is 1. The second kappa shape index (κ2) is 4.67. The first-order valence-electron chi connectivity index (χ1n) is 4.22. The zero-order valence-electron chi connectivity index (χ0n) is 7.60. The van der Waals surface area contributed by atoms with E-state index in [1.54, 1.807) is 0 Å². The normalized spacial score (nSPS) is 12.5. The van der Waals surface area contributed by atoms with Gasteiger partial charge in [-0.3, -0.25) is 4.79 Å². The topological polar surface area (TPSA) is 68.9 Å². The van der Waals surface area contributed by atoms with Crippen molar-refractivity contribution in [3.63, 3.8) is 0 Å². The molecule has 13 heavy (non-hydrogen) atoms. The number of rotatable bonds is 4. The molecular formula is C9H13N3O. The Morgan fingerprint density at radius 1 is 1.54 bits per heavy atom. The van der Waals surface area contributed by atoms with Gasteiger partial charge in [-0.15, -0.1) is 0 Å². The van der Waals surface area contributed by atoms with Gasteiger partial charge in [0, 0.05) is 18.8 Å². The summed E-state index contributed by atoms with van der Waals surface area (Å²) in [5, 5.41) is 0. The van der Waals surface area contributed by atoms with E-state index in [-0.39, 0.29) is 11.7 Å². The summed E-state index contributed by atoms with van der Waals surface area (Å²) in [7, 11) is 0. The van der Waals surface area contributed by atoms with Crippen LogP contribution in [0.2, 0.25) is 0 Å². The van der Waals surface area contributed by atoms with Crippen LogP contribution in [0.25, 0.3) is 0 Å². The number of hydrogen-bond donors (Lipinski definition) is 1. The third-order valence-electron chi connectivity index (χ3n) is 1.82. The van der Waals surface area contributed by atoms with E-state index >= 15 is 0 Å². The van der Waals surface area contributed by atoms with Gasteiger partial charge in [0.25, 0.3) is 0 Å². The van der Waals surface area contributed by atoms with E-state index in [9.17, 15) is 4.79 Å². The first-order chi connectivity index (χ1) is 6.24. The molecule has 70 valence electrons. The summed E-state index contributed by atoms with van der Waals surface area (Å²) in [5.74, 6) is 0.270. The molecule has 2 N–H and O–H groups in total. The number of nitrogens with zero attached hydrogens (tertiary/aromatic N) is 2. The van der Waals surface area contributed by atoms with E-state index in [1.807, 2.05) is 6.92 Å². The Morgan fingerprint density at radius 2 is 2.15 bits per heavy atom. The number of nitrogens with two attached hydrogens (primary N) is 1. The SMILES string of the molecule is CC(CN)CC(=O)c1cncnc1. The minimum Gasteiger partial charge on any atom is -0.330 e. The van der Waals surface area contributed by atoms with Crippen LogP contribution < -0.4 is 5.73 Å². The van der Waals surface area contributed by atoms with Crippen LogP contribution in [0.4, 0.5) is 0 Å². The second-order valence-corrected chi connectivity index (χ2v) is 3.10. The second-order valence-electron chi connectivity index (χ2n) is 3.10. The van der Waals surface area contributed by atoms with Gasteiger partial charge in [-0.25, -0.2) is 9.97 Å². The molecule has 0 radical (unpaired) electrons. The fourth-order valence-corrected chi connectivity index (χ4v) is 0.961. The Bertz CT molecular complexity index is 273. The van der Waals surface area contributed by atoms with E-state index in [4.69, 9.17) is 5.73 Å². The Balaban J connectivity index is 2.59. The lowest BCUT2D eigenvalue weighted by molar-refractivity contribution is 0.0965. The van der Waals surface area contributed by atoms with Crippen molar-refractivity contribution in [2.45, 2.75) is 13.3 Å². The molecule has 0 aliphatic heterocycles. The molecule has 1 heterocycles. The maximum absolute atomic E-state index is 11.5. The van der Waals surface area contributed by atoms with Crippen LogP contribution in [0.15, 0.2) is 18.7 Å². The molecule has 0 bridgehead atoms. The summed E-state index contributed by atoms with van der Waals surface area (Å²) < 4.78 is 0. The standard InChI is InChI=1S/C9H13N3O/c1-7(3-10)2-9(13)8-4-11-6-12-5-8/h4-7H,2-3,10H2,1H3. The Kier molecular flexibility index (Phi) is 3.52. The van der Waals surface area contributed by atoms with Crippen molar-refractivity contribution in [3.05, 3.63) is 24.3 Å². The van der Waals surface area contributed by atoms with Crippen LogP contribution in [0.5, 0.6) is 0 Å². The molecule has 0 fully saturated rings. The predicted molar refractivity (Wildman–Crippen MR) is 49.2 cm³/mol. The maximum atomic E-state index is 11.5. The molecule has 1 unspecified atom stereocenters. The molecule has 0 spiro atoms. The first-order valence-corrected chi connectivity index (χ1v) is 4.22. The highest BCUT2D eigenvalue weighted by atomic mass is 16.1. The predicted octanol–water partition coefficient (Wildman–Crippen LogP) is 0.644. The molecule has 0 aromatic carbocycles. The number of Topliss-reactive ketones (excluding diaryl/α,β-unsaturated/α-hetero) is 1. The summed E-state index contributed by atoms with van der Waals surface area (Å²) in [6, 6.07) is 0. The van der Waals surface area contributed by atoms with Crippen molar-refractivity contribution < 1.29 is 4.79 Å². The third kappa shape index (κ3) is 2.91. The molecule has 0 saturated carbocycles. The lowest BCUT2D eigenvalue weighted by atomic mass is 10.0. The van der Waals surface area contributed by atoms with Crippen LogP contribution in [0.1, 0.15) is 23.7 Å². The summed E-state index contributed by atoms with van der Waals surface area (Å²) >= 11 is 0. The van der Waals surface area contributed by atoms with Gasteiger partial charge in [0.15, 0.2) is 5.78 Å². The molecule has 4 nitrogen and oxygen atoms in total. The molecule has 0 aliphatic carbocycles. The molecule has 1 aromatic heterocycles. The molecule has 0 aliphatic rings. The average Bonchev–Trinajstić information content (AvgIpc) is 2.19. The zero-order valence-corrected chi connectivity index (χ0v) is 7.60. The van der Waals surface area contributed by atoms with E-state index in [0.717, 1.165) is 0 Å². The fraction of sp³-hybridized carbons (Fsp3) is 0.444. The zero-order chi connectivity index (χ0) is 9.68. The number of aromatic nitrogens is 2. The van der Waals surface area contributed by atoms with E-state index < -0.39 is 0 Å². The summed E-state index contributed by atoms with van der Waals surface area (Å²) in [6.45, 7) is 2.47. The van der Waals surface area contributed by atoms with Gasteiger partial charge in [0.05, 0.1) is 5.56 Å². The first kappa shape index (κ1) is 9.80. The molecular weight excluding hydrogens is 166 g/mol. The van der Waals surface area contributed by atoms with E-state index in [0.29, 0.717) is 18.5 Å².